The van der Waals surface area contributed by atoms with Gasteiger partial charge in [0, 0.05) is 6.42 Å². The SMILES string of the molecule is CCCCCCCC(=O)Oc1ccc(-c2ccc(C3CCC(CCC)CC3)cc2)cc1. The summed E-state index contributed by atoms with van der Waals surface area (Å²) >= 11 is 0. The van der Waals surface area contributed by atoms with E-state index in [9.17, 15) is 4.79 Å². The van der Waals surface area contributed by atoms with Gasteiger partial charge in [0.2, 0.25) is 0 Å². The van der Waals surface area contributed by atoms with Crippen molar-refractivity contribution in [3.8, 4) is 16.9 Å². The van der Waals surface area contributed by atoms with Crippen LogP contribution >= 0.6 is 0 Å². The third kappa shape index (κ3) is 7.52. The maximum atomic E-state index is 12.0. The Kier molecular flexibility index (Phi) is 9.65. The van der Waals surface area contributed by atoms with E-state index in [0.717, 1.165) is 30.2 Å². The number of carbonyl (C=O) groups excluding carboxylic acids is 1. The minimum Gasteiger partial charge on any atom is -0.427 e. The zero-order valence-corrected chi connectivity index (χ0v) is 19.6. The van der Waals surface area contributed by atoms with E-state index in [2.05, 4.69) is 50.2 Å². The molecule has 0 heterocycles. The monoisotopic (exact) mass is 420 g/mol. The van der Waals surface area contributed by atoms with Crippen molar-refractivity contribution >= 4 is 5.97 Å². The van der Waals surface area contributed by atoms with Gasteiger partial charge >= 0.3 is 5.97 Å². The van der Waals surface area contributed by atoms with Crippen molar-refractivity contribution in [2.45, 2.75) is 96.8 Å². The van der Waals surface area contributed by atoms with Gasteiger partial charge in [-0.2, -0.15) is 0 Å². The van der Waals surface area contributed by atoms with Gasteiger partial charge < -0.3 is 4.74 Å². The molecule has 0 radical (unpaired) electrons. The molecule has 1 saturated carbocycles. The summed E-state index contributed by atoms with van der Waals surface area (Å²) in [4.78, 5) is 12.0. The van der Waals surface area contributed by atoms with E-state index in [1.807, 2.05) is 12.1 Å². The quantitative estimate of drug-likeness (QED) is 0.206. The molecule has 0 atom stereocenters. The van der Waals surface area contributed by atoms with Crippen LogP contribution in [-0.4, -0.2) is 5.97 Å². The highest BCUT2D eigenvalue weighted by Crippen LogP contribution is 2.38. The molecule has 2 nitrogen and oxygen atoms in total. The molecule has 2 heteroatoms. The lowest BCUT2D eigenvalue weighted by Gasteiger charge is -2.28. The van der Waals surface area contributed by atoms with Crippen molar-refractivity contribution in [3.05, 3.63) is 54.1 Å². The number of benzene rings is 2. The number of ether oxygens (including phenoxy) is 1. The zero-order valence-electron chi connectivity index (χ0n) is 19.6. The molecule has 0 N–H and O–H groups in total. The molecule has 0 amide bonds. The maximum absolute atomic E-state index is 12.0. The first kappa shape index (κ1) is 23.6. The molecule has 3 rings (SSSR count). The van der Waals surface area contributed by atoms with Crippen LogP contribution in [0.25, 0.3) is 11.1 Å². The second-order valence-corrected chi connectivity index (χ2v) is 9.29. The van der Waals surface area contributed by atoms with Crippen LogP contribution < -0.4 is 4.74 Å². The fourth-order valence-electron chi connectivity index (χ4n) is 4.91. The summed E-state index contributed by atoms with van der Waals surface area (Å²) < 4.78 is 5.50. The predicted molar refractivity (Wildman–Crippen MR) is 130 cm³/mol. The molecule has 2 aromatic rings. The fraction of sp³-hybridized carbons (Fsp3) is 0.552. The first-order valence-electron chi connectivity index (χ1n) is 12.6. The normalized spacial score (nSPS) is 18.6. The van der Waals surface area contributed by atoms with Crippen LogP contribution in [0.4, 0.5) is 0 Å². The van der Waals surface area contributed by atoms with Crippen molar-refractivity contribution < 1.29 is 9.53 Å². The lowest BCUT2D eigenvalue weighted by Crippen LogP contribution is -2.13. The van der Waals surface area contributed by atoms with E-state index in [4.69, 9.17) is 4.74 Å². The van der Waals surface area contributed by atoms with Gasteiger partial charge in [0.05, 0.1) is 0 Å². The third-order valence-electron chi connectivity index (χ3n) is 6.83. The smallest absolute Gasteiger partial charge is 0.311 e. The van der Waals surface area contributed by atoms with E-state index >= 15 is 0 Å². The van der Waals surface area contributed by atoms with Crippen molar-refractivity contribution in [2.75, 3.05) is 0 Å². The molecule has 0 bridgehead atoms. The molecule has 0 aliphatic heterocycles. The number of unbranched alkanes of at least 4 members (excludes halogenated alkanes) is 4. The standard InChI is InChI=1S/C29H40O2/c1-3-5-6-7-8-10-29(30)31-28-21-19-27(20-22-28)26-17-15-25(16-18-26)24-13-11-23(9-4-2)12-14-24/h15-24H,3-14H2,1-2H3. The molecule has 1 aliphatic carbocycles. The molecule has 31 heavy (non-hydrogen) atoms. The second-order valence-electron chi connectivity index (χ2n) is 9.29. The van der Waals surface area contributed by atoms with Gasteiger partial charge in [-0.15, -0.1) is 0 Å². The Labute approximate surface area is 189 Å². The number of esters is 1. The van der Waals surface area contributed by atoms with E-state index in [1.165, 1.54) is 68.9 Å². The molecular weight excluding hydrogens is 380 g/mol. The van der Waals surface area contributed by atoms with Gasteiger partial charge in [-0.05, 0) is 72.8 Å². The highest BCUT2D eigenvalue weighted by atomic mass is 16.5. The maximum Gasteiger partial charge on any atom is 0.311 e. The van der Waals surface area contributed by atoms with Gasteiger partial charge in [-0.25, -0.2) is 0 Å². The molecule has 0 spiro atoms. The minimum absolute atomic E-state index is 0.123. The van der Waals surface area contributed by atoms with Crippen LogP contribution in [0.3, 0.4) is 0 Å². The number of carbonyl (C=O) groups is 1. The van der Waals surface area contributed by atoms with E-state index in [1.54, 1.807) is 0 Å². The fourth-order valence-corrected chi connectivity index (χ4v) is 4.91. The van der Waals surface area contributed by atoms with Gasteiger partial charge in [0.15, 0.2) is 0 Å². The van der Waals surface area contributed by atoms with E-state index in [0.29, 0.717) is 12.2 Å². The highest BCUT2D eigenvalue weighted by molar-refractivity contribution is 5.73. The minimum atomic E-state index is -0.123. The van der Waals surface area contributed by atoms with Crippen molar-refractivity contribution in [2.24, 2.45) is 5.92 Å². The predicted octanol–water partition coefficient (Wildman–Crippen LogP) is 8.69. The summed E-state index contributed by atoms with van der Waals surface area (Å²) in [6, 6.07) is 17.0. The molecule has 2 aromatic carbocycles. The molecule has 168 valence electrons. The summed E-state index contributed by atoms with van der Waals surface area (Å²) in [6.45, 7) is 4.50. The summed E-state index contributed by atoms with van der Waals surface area (Å²) in [6.07, 6.45) is 14.4. The molecule has 0 saturated heterocycles. The summed E-state index contributed by atoms with van der Waals surface area (Å²) in [7, 11) is 0. The van der Waals surface area contributed by atoms with Gasteiger partial charge in [-0.1, -0.05) is 88.8 Å². The Morgan fingerprint density at radius 2 is 1.39 bits per heavy atom. The summed E-state index contributed by atoms with van der Waals surface area (Å²) in [5, 5.41) is 0. The van der Waals surface area contributed by atoms with Crippen LogP contribution in [0.2, 0.25) is 0 Å². The van der Waals surface area contributed by atoms with Gasteiger partial charge in [0.1, 0.15) is 5.75 Å². The van der Waals surface area contributed by atoms with Crippen LogP contribution in [0.1, 0.15) is 102 Å². The molecular formula is C29H40O2. The number of hydrogen-bond donors (Lipinski definition) is 0. The first-order valence-corrected chi connectivity index (χ1v) is 12.6. The van der Waals surface area contributed by atoms with Crippen LogP contribution in [0.5, 0.6) is 5.75 Å². The lowest BCUT2D eigenvalue weighted by atomic mass is 9.77. The van der Waals surface area contributed by atoms with Crippen molar-refractivity contribution in [3.63, 3.8) is 0 Å². The van der Waals surface area contributed by atoms with Crippen LogP contribution in [0.15, 0.2) is 48.5 Å². The molecule has 0 aromatic heterocycles. The molecule has 1 fully saturated rings. The Balaban J connectivity index is 1.48. The Bertz CT molecular complexity index is 767. The zero-order chi connectivity index (χ0) is 21.9. The average molecular weight is 421 g/mol. The van der Waals surface area contributed by atoms with E-state index < -0.39 is 0 Å². The van der Waals surface area contributed by atoms with Crippen LogP contribution in [-0.2, 0) is 4.79 Å². The summed E-state index contributed by atoms with van der Waals surface area (Å²) in [5.74, 6) is 2.20. The van der Waals surface area contributed by atoms with Gasteiger partial charge in [0.25, 0.3) is 0 Å². The number of rotatable bonds is 11. The van der Waals surface area contributed by atoms with Crippen molar-refractivity contribution in [1.29, 1.82) is 0 Å². The van der Waals surface area contributed by atoms with Gasteiger partial charge in [-0.3, -0.25) is 4.79 Å². The Morgan fingerprint density at radius 1 is 0.774 bits per heavy atom. The average Bonchev–Trinajstić information content (AvgIpc) is 2.80. The largest absolute Gasteiger partial charge is 0.427 e. The van der Waals surface area contributed by atoms with E-state index in [-0.39, 0.29) is 5.97 Å². The summed E-state index contributed by atoms with van der Waals surface area (Å²) in [5.41, 5.74) is 3.87. The molecule has 1 aliphatic rings. The Morgan fingerprint density at radius 3 is 2.00 bits per heavy atom. The highest BCUT2D eigenvalue weighted by Gasteiger charge is 2.21. The lowest BCUT2D eigenvalue weighted by molar-refractivity contribution is -0.134. The van der Waals surface area contributed by atoms with Crippen molar-refractivity contribution in [1.82, 2.24) is 0 Å². The second kappa shape index (κ2) is 12.7. The number of hydrogen-bond acceptors (Lipinski definition) is 2. The molecule has 0 unspecified atom stereocenters. The Hall–Kier alpha value is -2.09. The first-order chi connectivity index (χ1) is 15.2. The topological polar surface area (TPSA) is 26.3 Å². The third-order valence-corrected chi connectivity index (χ3v) is 6.83. The van der Waals surface area contributed by atoms with Crippen LogP contribution in [0, 0.1) is 5.92 Å².